The van der Waals surface area contributed by atoms with Crippen LogP contribution in [0, 0.1) is 0 Å². The molecule has 0 heterocycles. The molecule has 0 aromatic rings. The second kappa shape index (κ2) is 20.3. The van der Waals surface area contributed by atoms with E-state index in [-0.39, 0.29) is 12.7 Å². The summed E-state index contributed by atoms with van der Waals surface area (Å²) in [5.41, 5.74) is 0. The Morgan fingerprint density at radius 1 is 0.739 bits per heavy atom. The Kier molecular flexibility index (Phi) is 20.6. The SMILES string of the molecule is CCCCCCCCCCCCCCCCSCC(CO)OC. The molecule has 140 valence electrons. The molecule has 2 nitrogen and oxygen atoms in total. The van der Waals surface area contributed by atoms with Crippen LogP contribution in [0.25, 0.3) is 0 Å². The minimum Gasteiger partial charge on any atom is -0.394 e. The first-order valence-electron chi connectivity index (χ1n) is 10.1. The van der Waals surface area contributed by atoms with Crippen LogP contribution >= 0.6 is 11.8 Å². The molecule has 0 rings (SSSR count). The van der Waals surface area contributed by atoms with Gasteiger partial charge in [-0.3, -0.25) is 0 Å². The summed E-state index contributed by atoms with van der Waals surface area (Å²) < 4.78 is 5.15. The Morgan fingerprint density at radius 3 is 1.57 bits per heavy atom. The van der Waals surface area contributed by atoms with Crippen LogP contribution in [0.15, 0.2) is 0 Å². The van der Waals surface area contributed by atoms with Crippen LogP contribution in [0.5, 0.6) is 0 Å². The van der Waals surface area contributed by atoms with Crippen LogP contribution in [-0.2, 0) is 4.74 Å². The van der Waals surface area contributed by atoms with Crippen molar-refractivity contribution in [3.63, 3.8) is 0 Å². The van der Waals surface area contributed by atoms with E-state index in [1.165, 1.54) is 95.6 Å². The van der Waals surface area contributed by atoms with E-state index < -0.39 is 0 Å². The highest BCUT2D eigenvalue weighted by atomic mass is 32.2. The van der Waals surface area contributed by atoms with Crippen molar-refractivity contribution in [3.05, 3.63) is 0 Å². The standard InChI is InChI=1S/C20H42O2S/c1-3-4-5-6-7-8-9-10-11-12-13-14-15-16-17-23-19-20(18-21)22-2/h20-21H,3-19H2,1-2H3. The molecule has 0 amide bonds. The van der Waals surface area contributed by atoms with E-state index in [4.69, 9.17) is 9.84 Å². The number of thioether (sulfide) groups is 1. The highest BCUT2D eigenvalue weighted by Crippen LogP contribution is 2.14. The average molecular weight is 347 g/mol. The third-order valence-electron chi connectivity index (χ3n) is 4.48. The van der Waals surface area contributed by atoms with Gasteiger partial charge in [0.05, 0.1) is 12.7 Å². The van der Waals surface area contributed by atoms with E-state index in [0.29, 0.717) is 0 Å². The number of rotatable bonds is 19. The van der Waals surface area contributed by atoms with Gasteiger partial charge in [0, 0.05) is 12.9 Å². The Balaban J connectivity index is 3.02. The molecule has 0 bridgehead atoms. The number of aliphatic hydroxyl groups is 1. The number of ether oxygens (including phenoxy) is 1. The Labute approximate surface area is 150 Å². The highest BCUT2D eigenvalue weighted by molar-refractivity contribution is 7.99. The molecule has 0 fully saturated rings. The molecule has 0 spiro atoms. The van der Waals surface area contributed by atoms with Gasteiger partial charge in [-0.15, -0.1) is 0 Å². The zero-order chi connectivity index (χ0) is 17.0. The Hall–Kier alpha value is 0.270. The summed E-state index contributed by atoms with van der Waals surface area (Å²) in [7, 11) is 1.67. The molecule has 0 aromatic heterocycles. The molecule has 1 atom stereocenters. The molecular formula is C20H42O2S. The van der Waals surface area contributed by atoms with Crippen molar-refractivity contribution in [2.24, 2.45) is 0 Å². The lowest BCUT2D eigenvalue weighted by Gasteiger charge is -2.11. The van der Waals surface area contributed by atoms with Gasteiger partial charge < -0.3 is 9.84 Å². The fraction of sp³-hybridized carbons (Fsp3) is 1.00. The molecule has 1 unspecified atom stereocenters. The van der Waals surface area contributed by atoms with Crippen molar-refractivity contribution in [2.45, 2.75) is 103 Å². The second-order valence-electron chi connectivity index (χ2n) is 6.71. The third kappa shape index (κ3) is 18.4. The van der Waals surface area contributed by atoms with Crippen LogP contribution in [-0.4, -0.2) is 36.4 Å². The van der Waals surface area contributed by atoms with Crippen LogP contribution < -0.4 is 0 Å². The maximum atomic E-state index is 9.01. The lowest BCUT2D eigenvalue weighted by atomic mass is 10.0. The highest BCUT2D eigenvalue weighted by Gasteiger charge is 2.04. The first-order chi connectivity index (χ1) is 11.3. The molecule has 0 saturated heterocycles. The fourth-order valence-corrected chi connectivity index (χ4v) is 3.89. The molecule has 1 N–H and O–H groups in total. The molecule has 0 aromatic carbocycles. The van der Waals surface area contributed by atoms with Gasteiger partial charge in [-0.1, -0.05) is 90.4 Å². The lowest BCUT2D eigenvalue weighted by Crippen LogP contribution is -2.18. The van der Waals surface area contributed by atoms with Gasteiger partial charge in [0.1, 0.15) is 0 Å². The monoisotopic (exact) mass is 346 g/mol. The molecule has 0 aliphatic carbocycles. The quantitative estimate of drug-likeness (QED) is 0.282. The minimum atomic E-state index is 0.0200. The molecular weight excluding hydrogens is 304 g/mol. The molecule has 0 saturated carbocycles. The first kappa shape index (κ1) is 23.3. The molecule has 3 heteroatoms. The van der Waals surface area contributed by atoms with Crippen molar-refractivity contribution >= 4 is 11.8 Å². The largest absolute Gasteiger partial charge is 0.394 e. The summed E-state index contributed by atoms with van der Waals surface area (Å²) in [6.45, 7) is 2.43. The number of methoxy groups -OCH3 is 1. The maximum Gasteiger partial charge on any atom is 0.0892 e. The normalized spacial score (nSPS) is 12.7. The van der Waals surface area contributed by atoms with Crippen molar-refractivity contribution < 1.29 is 9.84 Å². The molecule has 0 aliphatic rings. The molecule has 0 aliphatic heterocycles. The third-order valence-corrected chi connectivity index (χ3v) is 5.67. The van der Waals surface area contributed by atoms with Gasteiger partial charge in [-0.25, -0.2) is 0 Å². The molecule has 0 radical (unpaired) electrons. The van der Waals surface area contributed by atoms with Crippen molar-refractivity contribution in [2.75, 3.05) is 25.2 Å². The smallest absolute Gasteiger partial charge is 0.0892 e. The fourth-order valence-electron chi connectivity index (χ4n) is 2.81. The second-order valence-corrected chi connectivity index (χ2v) is 7.86. The lowest BCUT2D eigenvalue weighted by molar-refractivity contribution is 0.0656. The number of aliphatic hydroxyl groups excluding tert-OH is 1. The van der Waals surface area contributed by atoms with Gasteiger partial charge in [0.25, 0.3) is 0 Å². The van der Waals surface area contributed by atoms with Crippen molar-refractivity contribution in [3.8, 4) is 0 Å². The minimum absolute atomic E-state index is 0.0200. The van der Waals surface area contributed by atoms with Gasteiger partial charge in [0.15, 0.2) is 0 Å². The van der Waals surface area contributed by atoms with Gasteiger partial charge >= 0.3 is 0 Å². The summed E-state index contributed by atoms with van der Waals surface area (Å²) in [4.78, 5) is 0. The van der Waals surface area contributed by atoms with Gasteiger partial charge in [-0.2, -0.15) is 11.8 Å². The van der Waals surface area contributed by atoms with E-state index in [0.717, 1.165) is 5.75 Å². The van der Waals surface area contributed by atoms with Crippen LogP contribution in [0.3, 0.4) is 0 Å². The van der Waals surface area contributed by atoms with Crippen molar-refractivity contribution in [1.29, 1.82) is 0 Å². The number of hydrogen-bond donors (Lipinski definition) is 1. The maximum absolute atomic E-state index is 9.01. The van der Waals surface area contributed by atoms with E-state index in [1.54, 1.807) is 7.11 Å². The summed E-state index contributed by atoms with van der Waals surface area (Å²) in [6, 6.07) is 0. The zero-order valence-corrected chi connectivity index (χ0v) is 16.7. The van der Waals surface area contributed by atoms with Crippen LogP contribution in [0.2, 0.25) is 0 Å². The summed E-state index contributed by atoms with van der Waals surface area (Å²) >= 11 is 1.91. The molecule has 23 heavy (non-hydrogen) atoms. The van der Waals surface area contributed by atoms with E-state index in [1.807, 2.05) is 11.8 Å². The Bertz CT molecular complexity index is 208. The predicted molar refractivity (Wildman–Crippen MR) is 106 cm³/mol. The van der Waals surface area contributed by atoms with Crippen LogP contribution in [0.1, 0.15) is 96.8 Å². The first-order valence-corrected chi connectivity index (χ1v) is 11.2. The van der Waals surface area contributed by atoms with E-state index >= 15 is 0 Å². The van der Waals surface area contributed by atoms with Crippen LogP contribution in [0.4, 0.5) is 0 Å². The van der Waals surface area contributed by atoms with Gasteiger partial charge in [0.2, 0.25) is 0 Å². The van der Waals surface area contributed by atoms with E-state index in [9.17, 15) is 0 Å². The predicted octanol–water partition coefficient (Wildman–Crippen LogP) is 6.21. The number of unbranched alkanes of at least 4 members (excludes halogenated alkanes) is 13. The van der Waals surface area contributed by atoms with E-state index in [2.05, 4.69) is 6.92 Å². The topological polar surface area (TPSA) is 29.5 Å². The Morgan fingerprint density at radius 2 is 1.17 bits per heavy atom. The zero-order valence-electron chi connectivity index (χ0n) is 15.9. The number of hydrogen-bond acceptors (Lipinski definition) is 3. The summed E-state index contributed by atoms with van der Waals surface area (Å²) in [5.74, 6) is 2.13. The van der Waals surface area contributed by atoms with Crippen molar-refractivity contribution in [1.82, 2.24) is 0 Å². The van der Waals surface area contributed by atoms with Gasteiger partial charge in [-0.05, 0) is 12.2 Å². The summed E-state index contributed by atoms with van der Waals surface area (Å²) in [5, 5.41) is 9.01. The summed E-state index contributed by atoms with van der Waals surface area (Å²) in [6.07, 6.45) is 19.9. The average Bonchev–Trinajstić information content (AvgIpc) is 2.58.